The topological polar surface area (TPSA) is 40.5 Å². The van der Waals surface area contributed by atoms with Gasteiger partial charge in [-0.05, 0) is 0 Å². The van der Waals surface area contributed by atoms with Crippen LogP contribution in [0.1, 0.15) is 0 Å². The first-order valence-electron chi connectivity index (χ1n) is 2.83. The molecular formula is C6H14INO2. The van der Waals surface area contributed by atoms with Crippen molar-refractivity contribution in [2.75, 3.05) is 27.2 Å². The van der Waals surface area contributed by atoms with Gasteiger partial charge in [-0.2, -0.15) is 0 Å². The van der Waals surface area contributed by atoms with Crippen molar-refractivity contribution in [3.05, 3.63) is 12.5 Å². The second-order valence-electron chi connectivity index (χ2n) is 2.55. The molecule has 0 spiro atoms. The lowest BCUT2D eigenvalue weighted by Gasteiger charge is -2.25. The smallest absolute Gasteiger partial charge is 0.281 e. The highest BCUT2D eigenvalue weighted by Crippen LogP contribution is 2.02. The van der Waals surface area contributed by atoms with Gasteiger partial charge in [0.1, 0.15) is 6.54 Å². The van der Waals surface area contributed by atoms with Crippen LogP contribution in [0.5, 0.6) is 0 Å². The molecule has 0 aliphatic carbocycles. The molecule has 0 amide bonds. The van der Waals surface area contributed by atoms with Crippen molar-refractivity contribution in [1.29, 1.82) is 0 Å². The van der Waals surface area contributed by atoms with E-state index in [9.17, 15) is 0 Å². The van der Waals surface area contributed by atoms with E-state index in [2.05, 4.69) is 6.58 Å². The lowest BCUT2D eigenvalue weighted by atomic mass is 10.5. The van der Waals surface area contributed by atoms with Crippen LogP contribution in [0.25, 0.3) is 0 Å². The summed E-state index contributed by atoms with van der Waals surface area (Å²) in [6.07, 6.45) is 0. The van der Waals surface area contributed by atoms with Crippen LogP contribution in [0.4, 0.5) is 0 Å². The Kier molecular flexibility index (Phi) is 6.32. The van der Waals surface area contributed by atoms with Crippen molar-refractivity contribution >= 4 is 0 Å². The van der Waals surface area contributed by atoms with Gasteiger partial charge in [0.2, 0.25) is 0 Å². The van der Waals surface area contributed by atoms with Gasteiger partial charge in [0.25, 0.3) is 5.88 Å². The third-order valence-corrected chi connectivity index (χ3v) is 1.36. The third-order valence-electron chi connectivity index (χ3n) is 1.36. The van der Waals surface area contributed by atoms with Gasteiger partial charge < -0.3 is 34.2 Å². The zero-order chi connectivity index (χ0) is 7.49. The van der Waals surface area contributed by atoms with Crippen molar-refractivity contribution < 1.29 is 38.7 Å². The molecule has 62 valence electrons. The second-order valence-corrected chi connectivity index (χ2v) is 2.55. The predicted molar refractivity (Wildman–Crippen MR) is 35.8 cm³/mol. The summed E-state index contributed by atoms with van der Waals surface area (Å²) in [7, 11) is 3.55. The molecule has 0 aromatic heterocycles. The maximum absolute atomic E-state index is 8.88. The Balaban J connectivity index is 0. The second kappa shape index (κ2) is 4.92. The number of rotatable bonds is 3. The summed E-state index contributed by atoms with van der Waals surface area (Å²) in [5, 5.41) is 17.4. The highest BCUT2D eigenvalue weighted by atomic mass is 127. The van der Waals surface area contributed by atoms with Crippen LogP contribution in [0.15, 0.2) is 12.5 Å². The molecule has 0 heterocycles. The fraction of sp³-hybridized carbons (Fsp3) is 0.667. The van der Waals surface area contributed by atoms with E-state index in [4.69, 9.17) is 10.2 Å². The first kappa shape index (κ1) is 12.8. The summed E-state index contributed by atoms with van der Waals surface area (Å²) in [4.78, 5) is 0. The highest BCUT2D eigenvalue weighted by Gasteiger charge is 2.17. The largest absolute Gasteiger partial charge is 1.00 e. The number of hydrogen-bond donors (Lipinski definition) is 2. The van der Waals surface area contributed by atoms with Gasteiger partial charge in [-0.1, -0.05) is 0 Å². The van der Waals surface area contributed by atoms with E-state index in [1.807, 2.05) is 0 Å². The molecule has 0 saturated heterocycles. The molecule has 0 atom stereocenters. The first-order chi connectivity index (χ1) is 4.00. The molecule has 0 aromatic rings. The van der Waals surface area contributed by atoms with Crippen LogP contribution in [-0.2, 0) is 0 Å². The van der Waals surface area contributed by atoms with E-state index in [0.29, 0.717) is 6.54 Å². The third kappa shape index (κ3) is 4.08. The molecule has 0 saturated carbocycles. The first-order valence-corrected chi connectivity index (χ1v) is 2.83. The van der Waals surface area contributed by atoms with Gasteiger partial charge in [0, 0.05) is 6.58 Å². The average molecular weight is 259 g/mol. The molecule has 4 heteroatoms. The number of aliphatic hydroxyl groups excluding tert-OH is 2. The summed E-state index contributed by atoms with van der Waals surface area (Å²) in [6.45, 7) is 3.92. The van der Waals surface area contributed by atoms with Gasteiger partial charge in [-0.3, -0.25) is 4.48 Å². The van der Waals surface area contributed by atoms with Crippen LogP contribution in [0.2, 0.25) is 0 Å². The molecule has 0 aromatic carbocycles. The molecule has 0 bridgehead atoms. The Morgan fingerprint density at radius 3 is 2.00 bits per heavy atom. The lowest BCUT2D eigenvalue weighted by molar-refractivity contribution is -0.867. The number of aliphatic hydroxyl groups is 2. The Bertz CT molecular complexity index is 114. The number of nitrogens with zero attached hydrogens (tertiary/aromatic N) is 1. The monoisotopic (exact) mass is 259 g/mol. The number of hydrogen-bond acceptors (Lipinski definition) is 2. The molecule has 0 radical (unpaired) electrons. The number of halogens is 1. The summed E-state index contributed by atoms with van der Waals surface area (Å²) in [5.41, 5.74) is 0. The molecule has 10 heavy (non-hydrogen) atoms. The molecular weight excluding hydrogens is 245 g/mol. The minimum absolute atomic E-state index is 0. The Hall–Kier alpha value is 0.190. The van der Waals surface area contributed by atoms with Gasteiger partial charge in [-0.25, -0.2) is 0 Å². The van der Waals surface area contributed by atoms with E-state index in [-0.39, 0.29) is 40.9 Å². The minimum Gasteiger partial charge on any atom is -1.00 e. The molecule has 3 nitrogen and oxygen atoms in total. The van der Waals surface area contributed by atoms with Gasteiger partial charge in [-0.15, -0.1) is 0 Å². The van der Waals surface area contributed by atoms with Crippen molar-refractivity contribution in [3.8, 4) is 0 Å². The zero-order valence-corrected chi connectivity index (χ0v) is 8.50. The molecule has 0 unspecified atom stereocenters. The summed E-state index contributed by atoms with van der Waals surface area (Å²) in [6, 6.07) is 0. The molecule has 0 aliphatic heterocycles. The average Bonchev–Trinajstić information content (AvgIpc) is 1.65. The zero-order valence-electron chi connectivity index (χ0n) is 6.34. The highest BCUT2D eigenvalue weighted by molar-refractivity contribution is 4.63. The SMILES string of the molecule is C=C(O)[N+](C)(C)CCO.[I-]. The van der Waals surface area contributed by atoms with Crippen LogP contribution >= 0.6 is 0 Å². The van der Waals surface area contributed by atoms with Gasteiger partial charge >= 0.3 is 0 Å². The molecule has 0 rings (SSSR count). The summed E-state index contributed by atoms with van der Waals surface area (Å²) >= 11 is 0. The Morgan fingerprint density at radius 1 is 1.50 bits per heavy atom. The van der Waals surface area contributed by atoms with Gasteiger partial charge in [0.05, 0.1) is 20.7 Å². The summed E-state index contributed by atoms with van der Waals surface area (Å²) in [5.74, 6) is 0.0732. The number of quaternary nitrogens is 1. The van der Waals surface area contributed by atoms with E-state index >= 15 is 0 Å². The fourth-order valence-electron chi connectivity index (χ4n) is 0.379. The van der Waals surface area contributed by atoms with Crippen LogP contribution in [0, 0.1) is 0 Å². The summed E-state index contributed by atoms with van der Waals surface area (Å²) < 4.78 is 0.260. The van der Waals surface area contributed by atoms with Crippen molar-refractivity contribution in [2.24, 2.45) is 0 Å². The van der Waals surface area contributed by atoms with Crippen molar-refractivity contribution in [1.82, 2.24) is 0 Å². The van der Waals surface area contributed by atoms with E-state index in [1.54, 1.807) is 14.1 Å². The molecule has 0 aliphatic rings. The van der Waals surface area contributed by atoms with Crippen molar-refractivity contribution in [2.45, 2.75) is 0 Å². The fourth-order valence-corrected chi connectivity index (χ4v) is 0.379. The standard InChI is InChI=1S/C6H13NO2.HI/c1-6(9)7(2,3)4-5-8;/h8H,1,4-5H2,2-3H3;1H. The van der Waals surface area contributed by atoms with E-state index < -0.39 is 0 Å². The van der Waals surface area contributed by atoms with Crippen LogP contribution < -0.4 is 24.0 Å². The van der Waals surface area contributed by atoms with E-state index in [0.717, 1.165) is 0 Å². The maximum Gasteiger partial charge on any atom is 0.281 e. The van der Waals surface area contributed by atoms with Gasteiger partial charge in [0.15, 0.2) is 0 Å². The minimum atomic E-state index is 0. The van der Waals surface area contributed by atoms with Crippen LogP contribution in [-0.4, -0.2) is 41.9 Å². The Morgan fingerprint density at radius 2 is 1.90 bits per heavy atom. The Labute approximate surface area is 78.6 Å². The van der Waals surface area contributed by atoms with E-state index in [1.165, 1.54) is 0 Å². The normalized spacial score (nSPS) is 10.3. The van der Waals surface area contributed by atoms with Crippen molar-refractivity contribution in [3.63, 3.8) is 0 Å². The molecule has 0 fully saturated rings. The number of likely N-dealkylation sites (N-methyl/N-ethyl adjacent to an activating group) is 1. The predicted octanol–water partition coefficient (Wildman–Crippen LogP) is -2.91. The molecule has 2 N–H and O–H groups in total. The quantitative estimate of drug-likeness (QED) is 0.324. The maximum atomic E-state index is 8.88. The lowest BCUT2D eigenvalue weighted by Crippen LogP contribution is -3.00. The van der Waals surface area contributed by atoms with Crippen LogP contribution in [0.3, 0.4) is 0 Å².